The van der Waals surface area contributed by atoms with E-state index in [-0.39, 0.29) is 11.4 Å². The summed E-state index contributed by atoms with van der Waals surface area (Å²) in [6, 6.07) is 5.49. The van der Waals surface area contributed by atoms with Gasteiger partial charge in [0.25, 0.3) is 10.0 Å². The molecule has 3 rings (SSSR count). The molecule has 0 fully saturated rings. The Morgan fingerprint density at radius 3 is 2.33 bits per heavy atom. The van der Waals surface area contributed by atoms with Crippen LogP contribution in [-0.4, -0.2) is 19.9 Å². The number of hydrogen-bond acceptors (Lipinski definition) is 3. The first kappa shape index (κ1) is 19.7. The maximum atomic E-state index is 13.1. The van der Waals surface area contributed by atoms with Crippen molar-refractivity contribution >= 4 is 15.7 Å². The molecule has 0 aliphatic carbocycles. The molecule has 0 saturated heterocycles. The average molecular weight is 398 g/mol. The van der Waals surface area contributed by atoms with E-state index in [1.165, 1.54) is 4.31 Å². The minimum absolute atomic E-state index is 0.152. The topological polar surface area (TPSA) is 50.3 Å². The number of hydrogen-bond donors (Lipinski definition) is 0. The number of aryl methyl sites for hydroxylation is 3. The average Bonchev–Trinajstić information content (AvgIpc) is 2.65. The van der Waals surface area contributed by atoms with Crippen LogP contribution in [0.25, 0.3) is 0 Å². The predicted molar refractivity (Wildman–Crippen MR) is 97.3 cm³/mol. The number of alkyl halides is 3. The fourth-order valence-electron chi connectivity index (χ4n) is 3.34. The molecule has 0 amide bonds. The second kappa shape index (κ2) is 7.14. The van der Waals surface area contributed by atoms with Gasteiger partial charge in [0.2, 0.25) is 0 Å². The maximum Gasteiger partial charge on any atom is 0.416 e. The number of anilines is 1. The van der Waals surface area contributed by atoms with Gasteiger partial charge in [-0.1, -0.05) is 13.8 Å². The van der Waals surface area contributed by atoms with E-state index < -0.39 is 21.8 Å². The Labute approximate surface area is 157 Å². The first-order chi connectivity index (χ1) is 12.7. The highest BCUT2D eigenvalue weighted by molar-refractivity contribution is 7.92. The lowest BCUT2D eigenvalue weighted by atomic mass is 10.0. The molecule has 0 atom stereocenters. The summed E-state index contributed by atoms with van der Waals surface area (Å²) >= 11 is 0. The summed E-state index contributed by atoms with van der Waals surface area (Å²) in [4.78, 5) is 4.50. The van der Waals surface area contributed by atoms with Crippen LogP contribution < -0.4 is 4.31 Å². The normalized spacial score (nSPS) is 14.9. The van der Waals surface area contributed by atoms with E-state index >= 15 is 0 Å². The number of halogens is 3. The molecule has 1 aliphatic heterocycles. The first-order valence-electron chi connectivity index (χ1n) is 8.90. The molecule has 0 radical (unpaired) electrons. The van der Waals surface area contributed by atoms with Crippen LogP contribution in [0.4, 0.5) is 18.9 Å². The van der Waals surface area contributed by atoms with Gasteiger partial charge in [-0.25, -0.2) is 8.42 Å². The van der Waals surface area contributed by atoms with E-state index in [0.29, 0.717) is 18.5 Å². The smallest absolute Gasteiger partial charge is 0.264 e. The van der Waals surface area contributed by atoms with Gasteiger partial charge in [0.1, 0.15) is 0 Å². The van der Waals surface area contributed by atoms with Crippen molar-refractivity contribution in [1.29, 1.82) is 0 Å². The minimum atomic E-state index is -4.50. The highest BCUT2D eigenvalue weighted by atomic mass is 32.2. The Morgan fingerprint density at radius 2 is 1.78 bits per heavy atom. The second-order valence-electron chi connectivity index (χ2n) is 6.47. The quantitative estimate of drug-likeness (QED) is 0.769. The highest BCUT2D eigenvalue weighted by Gasteiger charge is 2.33. The van der Waals surface area contributed by atoms with Gasteiger partial charge in [-0.2, -0.15) is 13.2 Å². The van der Waals surface area contributed by atoms with Crippen molar-refractivity contribution in [2.75, 3.05) is 10.8 Å². The van der Waals surface area contributed by atoms with Crippen LogP contribution in [0, 0.1) is 0 Å². The molecule has 0 N–H and O–H groups in total. The number of pyridine rings is 1. The Hall–Kier alpha value is -2.09. The molecular weight excluding hydrogens is 377 g/mol. The molecule has 1 aromatic heterocycles. The number of fused-ring (bicyclic) bond motifs is 1. The van der Waals surface area contributed by atoms with Crippen molar-refractivity contribution in [1.82, 2.24) is 4.98 Å². The van der Waals surface area contributed by atoms with Crippen molar-refractivity contribution < 1.29 is 21.6 Å². The van der Waals surface area contributed by atoms with Crippen LogP contribution in [0.2, 0.25) is 0 Å². The lowest BCUT2D eigenvalue weighted by Crippen LogP contribution is -2.36. The van der Waals surface area contributed by atoms with E-state index in [9.17, 15) is 21.6 Å². The summed E-state index contributed by atoms with van der Waals surface area (Å²) in [5.74, 6) is 0. The Balaban J connectivity index is 2.04. The van der Waals surface area contributed by atoms with Crippen molar-refractivity contribution in [3.05, 3.63) is 52.8 Å². The third-order valence-electron chi connectivity index (χ3n) is 4.78. The first-order valence-corrected chi connectivity index (χ1v) is 10.3. The van der Waals surface area contributed by atoms with Crippen LogP contribution in [-0.2, 0) is 35.5 Å². The molecule has 1 aromatic carbocycles. The summed E-state index contributed by atoms with van der Waals surface area (Å²) in [6.07, 6.45) is -1.70. The molecule has 27 heavy (non-hydrogen) atoms. The molecule has 146 valence electrons. The Morgan fingerprint density at radius 1 is 1.11 bits per heavy atom. The number of aromatic nitrogens is 1. The molecule has 1 aliphatic rings. The van der Waals surface area contributed by atoms with Gasteiger partial charge in [-0.15, -0.1) is 0 Å². The summed E-state index contributed by atoms with van der Waals surface area (Å²) in [7, 11) is -3.96. The standard InChI is InChI=1S/C19H21F3N2O2S/c1-3-13-12-18-17(23-16(13)4-2)6-5-11-24(18)27(25,26)15-9-7-14(8-10-15)19(20,21)22/h7-10,12H,3-6,11H2,1-2H3. The zero-order valence-corrected chi connectivity index (χ0v) is 16.0. The molecule has 0 saturated carbocycles. The lowest BCUT2D eigenvalue weighted by Gasteiger charge is -2.31. The third-order valence-corrected chi connectivity index (χ3v) is 6.60. The monoisotopic (exact) mass is 398 g/mol. The predicted octanol–water partition coefficient (Wildman–Crippen LogP) is 4.37. The SMILES string of the molecule is CCc1cc2c(nc1CC)CCCN2S(=O)(=O)c1ccc(C(F)(F)F)cc1. The van der Waals surface area contributed by atoms with Gasteiger partial charge in [0.05, 0.1) is 21.8 Å². The summed E-state index contributed by atoms with van der Waals surface area (Å²) in [6.45, 7) is 4.28. The molecule has 0 unspecified atom stereocenters. The van der Waals surface area contributed by atoms with Gasteiger partial charge >= 0.3 is 6.18 Å². The molecule has 8 heteroatoms. The fraction of sp³-hybridized carbons (Fsp3) is 0.421. The zero-order valence-electron chi connectivity index (χ0n) is 15.2. The second-order valence-corrected chi connectivity index (χ2v) is 8.33. The number of rotatable bonds is 4. The van der Waals surface area contributed by atoms with Crippen molar-refractivity contribution in [2.45, 2.75) is 50.6 Å². The number of nitrogens with zero attached hydrogens (tertiary/aromatic N) is 2. The van der Waals surface area contributed by atoms with E-state index in [1.54, 1.807) is 0 Å². The van der Waals surface area contributed by atoms with Crippen molar-refractivity contribution in [2.24, 2.45) is 0 Å². The Bertz CT molecular complexity index is 939. The van der Waals surface area contributed by atoms with E-state index in [0.717, 1.165) is 54.1 Å². The van der Waals surface area contributed by atoms with Crippen LogP contribution in [0.15, 0.2) is 35.2 Å². The van der Waals surface area contributed by atoms with E-state index in [2.05, 4.69) is 4.98 Å². The van der Waals surface area contributed by atoms with Gasteiger partial charge in [0.15, 0.2) is 0 Å². The van der Waals surface area contributed by atoms with Crippen LogP contribution >= 0.6 is 0 Å². The summed E-state index contributed by atoms with van der Waals surface area (Å²) in [5.41, 5.74) is 2.35. The largest absolute Gasteiger partial charge is 0.416 e. The summed E-state index contributed by atoms with van der Waals surface area (Å²) < 4.78 is 65.7. The van der Waals surface area contributed by atoms with Gasteiger partial charge < -0.3 is 0 Å². The Kier molecular flexibility index (Phi) is 5.20. The van der Waals surface area contributed by atoms with Crippen molar-refractivity contribution in [3.8, 4) is 0 Å². The highest BCUT2D eigenvalue weighted by Crippen LogP contribution is 2.34. The van der Waals surface area contributed by atoms with E-state index in [1.807, 2.05) is 19.9 Å². The lowest BCUT2D eigenvalue weighted by molar-refractivity contribution is -0.137. The maximum absolute atomic E-state index is 13.1. The van der Waals surface area contributed by atoms with Crippen LogP contribution in [0.1, 0.15) is 42.8 Å². The molecule has 0 bridgehead atoms. The van der Waals surface area contributed by atoms with Gasteiger partial charge in [-0.3, -0.25) is 9.29 Å². The van der Waals surface area contributed by atoms with E-state index in [4.69, 9.17) is 0 Å². The molecule has 4 nitrogen and oxygen atoms in total. The van der Waals surface area contributed by atoms with Crippen LogP contribution in [0.3, 0.4) is 0 Å². The molecule has 2 heterocycles. The molecule has 2 aromatic rings. The fourth-order valence-corrected chi connectivity index (χ4v) is 4.86. The molecular formula is C19H21F3N2O2S. The zero-order chi connectivity index (χ0) is 19.8. The van der Waals surface area contributed by atoms with Gasteiger partial charge in [-0.05, 0) is 61.6 Å². The molecule has 0 spiro atoms. The number of benzene rings is 1. The number of sulfonamides is 1. The van der Waals surface area contributed by atoms with Crippen molar-refractivity contribution in [3.63, 3.8) is 0 Å². The third kappa shape index (κ3) is 3.67. The minimum Gasteiger partial charge on any atom is -0.264 e. The van der Waals surface area contributed by atoms with Gasteiger partial charge in [0, 0.05) is 12.2 Å². The van der Waals surface area contributed by atoms with Crippen LogP contribution in [0.5, 0.6) is 0 Å². The summed E-state index contributed by atoms with van der Waals surface area (Å²) in [5, 5.41) is 0.